The minimum atomic E-state index is -0.306. The molecule has 116 valence electrons. The van der Waals surface area contributed by atoms with E-state index < -0.39 is 0 Å². The molecule has 0 bridgehead atoms. The Bertz CT molecular complexity index is 514. The van der Waals surface area contributed by atoms with Crippen LogP contribution in [0.25, 0.3) is 0 Å². The Kier molecular flexibility index (Phi) is 6.89. The second-order valence-corrected chi connectivity index (χ2v) is 6.31. The standard InChI is InChI=1S/C16H22BrNO3/c1-11(2)10-18(8-7-15(19)21-4)16(20)13-9-12(3)5-6-14(13)17/h5-6,9,11H,7-8,10H2,1-4H3. The minimum absolute atomic E-state index is 0.0665. The van der Waals surface area contributed by atoms with Gasteiger partial charge in [0.25, 0.3) is 5.91 Å². The maximum Gasteiger partial charge on any atom is 0.307 e. The number of rotatable bonds is 6. The first-order valence-corrected chi connectivity index (χ1v) is 7.76. The molecule has 0 fully saturated rings. The quantitative estimate of drug-likeness (QED) is 0.734. The molecule has 21 heavy (non-hydrogen) atoms. The molecule has 0 atom stereocenters. The van der Waals surface area contributed by atoms with Gasteiger partial charge in [0.1, 0.15) is 0 Å². The molecule has 0 aliphatic rings. The zero-order valence-electron chi connectivity index (χ0n) is 13.0. The topological polar surface area (TPSA) is 46.6 Å². The van der Waals surface area contributed by atoms with Gasteiger partial charge in [0, 0.05) is 17.6 Å². The van der Waals surface area contributed by atoms with Gasteiger partial charge in [0.05, 0.1) is 19.1 Å². The summed E-state index contributed by atoms with van der Waals surface area (Å²) in [5.41, 5.74) is 1.65. The van der Waals surface area contributed by atoms with Gasteiger partial charge >= 0.3 is 5.97 Å². The van der Waals surface area contributed by atoms with Crippen LogP contribution in [0.3, 0.4) is 0 Å². The molecular weight excluding hydrogens is 334 g/mol. The number of benzene rings is 1. The zero-order valence-corrected chi connectivity index (χ0v) is 14.6. The Balaban J connectivity index is 2.93. The highest BCUT2D eigenvalue weighted by atomic mass is 79.9. The third-order valence-corrected chi connectivity index (χ3v) is 3.73. The van der Waals surface area contributed by atoms with Crippen LogP contribution in [0, 0.1) is 12.8 Å². The molecule has 1 rings (SSSR count). The smallest absolute Gasteiger partial charge is 0.307 e. The van der Waals surface area contributed by atoms with Crippen molar-refractivity contribution in [2.75, 3.05) is 20.2 Å². The first-order valence-electron chi connectivity index (χ1n) is 6.97. The van der Waals surface area contributed by atoms with E-state index in [9.17, 15) is 9.59 Å². The van der Waals surface area contributed by atoms with Gasteiger partial charge in [-0.3, -0.25) is 9.59 Å². The lowest BCUT2D eigenvalue weighted by Gasteiger charge is -2.25. The van der Waals surface area contributed by atoms with Gasteiger partial charge in [0.15, 0.2) is 0 Å². The van der Waals surface area contributed by atoms with E-state index >= 15 is 0 Å². The average Bonchev–Trinajstić information content (AvgIpc) is 2.44. The Hall–Kier alpha value is -1.36. The number of hydrogen-bond acceptors (Lipinski definition) is 3. The number of ether oxygens (including phenoxy) is 1. The Morgan fingerprint density at radius 3 is 2.57 bits per heavy atom. The second kappa shape index (κ2) is 8.17. The van der Waals surface area contributed by atoms with Crippen LogP contribution in [-0.2, 0) is 9.53 Å². The van der Waals surface area contributed by atoms with Gasteiger partial charge in [-0.1, -0.05) is 25.5 Å². The normalized spacial score (nSPS) is 10.6. The summed E-state index contributed by atoms with van der Waals surface area (Å²) in [6, 6.07) is 5.68. The van der Waals surface area contributed by atoms with Crippen molar-refractivity contribution in [1.82, 2.24) is 4.90 Å². The van der Waals surface area contributed by atoms with Crippen molar-refractivity contribution >= 4 is 27.8 Å². The fourth-order valence-electron chi connectivity index (χ4n) is 2.02. The number of carbonyl (C=O) groups excluding carboxylic acids is 2. The van der Waals surface area contributed by atoms with Crippen LogP contribution in [0.2, 0.25) is 0 Å². The molecule has 1 amide bonds. The Morgan fingerprint density at radius 2 is 2.00 bits per heavy atom. The van der Waals surface area contributed by atoms with Crippen molar-refractivity contribution in [3.8, 4) is 0 Å². The van der Waals surface area contributed by atoms with Gasteiger partial charge in [0.2, 0.25) is 0 Å². The first kappa shape index (κ1) is 17.7. The molecule has 0 unspecified atom stereocenters. The van der Waals surface area contributed by atoms with E-state index in [1.54, 1.807) is 4.90 Å². The lowest BCUT2D eigenvalue weighted by atomic mass is 10.1. The molecule has 0 aliphatic carbocycles. The lowest BCUT2D eigenvalue weighted by Crippen LogP contribution is -2.36. The lowest BCUT2D eigenvalue weighted by molar-refractivity contribution is -0.140. The number of nitrogens with zero attached hydrogens (tertiary/aromatic N) is 1. The van der Waals surface area contributed by atoms with Crippen LogP contribution >= 0.6 is 15.9 Å². The number of hydrogen-bond donors (Lipinski definition) is 0. The highest BCUT2D eigenvalue weighted by Crippen LogP contribution is 2.20. The summed E-state index contributed by atoms with van der Waals surface area (Å²) in [5, 5.41) is 0. The van der Waals surface area contributed by atoms with Crippen molar-refractivity contribution in [1.29, 1.82) is 0 Å². The summed E-state index contributed by atoms with van der Waals surface area (Å²) in [6.07, 6.45) is 0.207. The summed E-state index contributed by atoms with van der Waals surface area (Å²) in [7, 11) is 1.36. The van der Waals surface area contributed by atoms with Crippen LogP contribution in [-0.4, -0.2) is 37.0 Å². The number of amides is 1. The molecule has 0 N–H and O–H groups in total. The molecule has 0 saturated heterocycles. The second-order valence-electron chi connectivity index (χ2n) is 5.45. The summed E-state index contributed by atoms with van der Waals surface area (Å²) < 4.78 is 5.42. The van der Waals surface area contributed by atoms with Crippen molar-refractivity contribution in [3.63, 3.8) is 0 Å². The monoisotopic (exact) mass is 355 g/mol. The van der Waals surface area contributed by atoms with Gasteiger partial charge < -0.3 is 9.64 Å². The summed E-state index contributed by atoms with van der Waals surface area (Å²) >= 11 is 3.42. The fourth-order valence-corrected chi connectivity index (χ4v) is 2.43. The molecule has 4 nitrogen and oxygen atoms in total. The molecule has 0 radical (unpaired) electrons. The number of esters is 1. The van der Waals surface area contributed by atoms with Gasteiger partial charge in [-0.15, -0.1) is 0 Å². The Labute approximate surface area is 134 Å². The molecule has 0 saturated carbocycles. The van der Waals surface area contributed by atoms with Gasteiger partial charge in [-0.25, -0.2) is 0 Å². The maximum absolute atomic E-state index is 12.7. The average molecular weight is 356 g/mol. The highest BCUT2D eigenvalue weighted by Gasteiger charge is 2.20. The number of methoxy groups -OCH3 is 1. The SMILES string of the molecule is COC(=O)CCN(CC(C)C)C(=O)c1cc(C)ccc1Br. The van der Waals surface area contributed by atoms with E-state index in [-0.39, 0.29) is 18.3 Å². The molecule has 0 aliphatic heterocycles. The summed E-state index contributed by atoms with van der Waals surface area (Å²) in [4.78, 5) is 25.7. The molecule has 1 aromatic rings. The summed E-state index contributed by atoms with van der Waals surface area (Å²) in [5.74, 6) is -0.0433. The van der Waals surface area contributed by atoms with Crippen molar-refractivity contribution in [2.24, 2.45) is 5.92 Å². The van der Waals surface area contributed by atoms with Gasteiger partial charge in [-0.2, -0.15) is 0 Å². The Morgan fingerprint density at radius 1 is 1.33 bits per heavy atom. The molecule has 5 heteroatoms. The van der Waals surface area contributed by atoms with Crippen LogP contribution in [0.5, 0.6) is 0 Å². The van der Waals surface area contributed by atoms with Gasteiger partial charge in [-0.05, 0) is 40.9 Å². The number of carbonyl (C=O) groups is 2. The molecule has 0 heterocycles. The van der Waals surface area contributed by atoms with E-state index in [2.05, 4.69) is 20.7 Å². The van der Waals surface area contributed by atoms with Crippen molar-refractivity contribution in [2.45, 2.75) is 27.2 Å². The van der Waals surface area contributed by atoms with Crippen molar-refractivity contribution < 1.29 is 14.3 Å². The van der Waals surface area contributed by atoms with E-state index in [0.717, 1.165) is 10.0 Å². The third kappa shape index (κ3) is 5.50. The molecule has 1 aromatic carbocycles. The number of aryl methyl sites for hydroxylation is 1. The zero-order chi connectivity index (χ0) is 16.0. The van der Waals surface area contributed by atoms with E-state index in [1.807, 2.05) is 39.0 Å². The summed E-state index contributed by atoms with van der Waals surface area (Å²) in [6.45, 7) is 7.01. The van der Waals surface area contributed by atoms with E-state index in [0.29, 0.717) is 24.6 Å². The maximum atomic E-state index is 12.7. The van der Waals surface area contributed by atoms with E-state index in [1.165, 1.54) is 7.11 Å². The predicted molar refractivity (Wildman–Crippen MR) is 86.3 cm³/mol. The third-order valence-electron chi connectivity index (χ3n) is 3.04. The number of halogens is 1. The van der Waals surface area contributed by atoms with Crippen LogP contribution in [0.15, 0.2) is 22.7 Å². The largest absolute Gasteiger partial charge is 0.469 e. The molecular formula is C16H22BrNO3. The predicted octanol–water partition coefficient (Wildman–Crippen LogP) is 3.42. The molecule has 0 aromatic heterocycles. The van der Waals surface area contributed by atoms with Crippen LogP contribution in [0.4, 0.5) is 0 Å². The van der Waals surface area contributed by atoms with E-state index in [4.69, 9.17) is 0 Å². The van der Waals surface area contributed by atoms with Crippen LogP contribution in [0.1, 0.15) is 36.2 Å². The highest BCUT2D eigenvalue weighted by molar-refractivity contribution is 9.10. The minimum Gasteiger partial charge on any atom is -0.469 e. The first-order chi connectivity index (χ1) is 9.85. The molecule has 0 spiro atoms. The fraction of sp³-hybridized carbons (Fsp3) is 0.500. The van der Waals surface area contributed by atoms with Crippen molar-refractivity contribution in [3.05, 3.63) is 33.8 Å². The van der Waals surface area contributed by atoms with Crippen LogP contribution < -0.4 is 0 Å².